The minimum Gasteiger partial charge on any atom is -0.414 e. The van der Waals surface area contributed by atoms with Gasteiger partial charge in [-0.15, -0.1) is 0 Å². The van der Waals surface area contributed by atoms with E-state index in [-0.39, 0.29) is 11.5 Å². The number of hydrogen-bond acceptors (Lipinski definition) is 4. The van der Waals surface area contributed by atoms with Crippen molar-refractivity contribution in [3.8, 4) is 0 Å². The summed E-state index contributed by atoms with van der Waals surface area (Å²) < 4.78 is 13.6. The van der Waals surface area contributed by atoms with E-state index in [0.717, 1.165) is 29.5 Å². The second kappa shape index (κ2) is 11.1. The smallest absolute Gasteiger partial charge is 0.184 e. The summed E-state index contributed by atoms with van der Waals surface area (Å²) in [6.07, 6.45) is 12.0. The maximum Gasteiger partial charge on any atom is 0.184 e. The van der Waals surface area contributed by atoms with Crippen molar-refractivity contribution in [3.05, 3.63) is 47.5 Å². The zero-order valence-corrected chi connectivity index (χ0v) is 28.8. The van der Waals surface area contributed by atoms with E-state index in [0.29, 0.717) is 30.0 Å². The lowest BCUT2D eigenvalue weighted by molar-refractivity contribution is -0.0418. The molecule has 0 bridgehead atoms. The fourth-order valence-electron chi connectivity index (χ4n) is 9.37. The lowest BCUT2D eigenvalue weighted by Crippen LogP contribution is -2.51. The Morgan fingerprint density at radius 3 is 2.30 bits per heavy atom. The summed E-state index contributed by atoms with van der Waals surface area (Å²) in [4.78, 5) is 5.96. The number of fused-ring (bicyclic) bond motifs is 5. The zero-order valence-electron chi connectivity index (χ0n) is 26.8. The molecule has 4 aliphatic carbocycles. The van der Waals surface area contributed by atoms with Gasteiger partial charge in [-0.2, -0.15) is 0 Å². The molecule has 3 saturated carbocycles. The Morgan fingerprint density at radius 1 is 0.925 bits per heavy atom. The van der Waals surface area contributed by atoms with Crippen molar-refractivity contribution in [1.29, 1.82) is 0 Å². The van der Waals surface area contributed by atoms with Crippen LogP contribution in [0.5, 0.6) is 0 Å². The zero-order chi connectivity index (χ0) is 28.9. The van der Waals surface area contributed by atoms with Crippen LogP contribution in [0.2, 0.25) is 39.3 Å². The summed E-state index contributed by atoms with van der Waals surface area (Å²) >= 11 is 0. The molecule has 0 amide bonds. The highest BCUT2D eigenvalue weighted by Gasteiger charge is 2.62. The van der Waals surface area contributed by atoms with Gasteiger partial charge in [-0.05, 0) is 125 Å². The maximum absolute atomic E-state index is 7.00. The predicted molar refractivity (Wildman–Crippen MR) is 171 cm³/mol. The van der Waals surface area contributed by atoms with Gasteiger partial charge < -0.3 is 13.7 Å². The lowest BCUT2D eigenvalue weighted by Gasteiger charge is -2.58. The molecule has 222 valence electrons. The van der Waals surface area contributed by atoms with Crippen LogP contribution < -0.4 is 0 Å². The normalized spacial score (nSPS) is 38.2. The van der Waals surface area contributed by atoms with Crippen LogP contribution in [0.25, 0.3) is 0 Å². The second-order valence-electron chi connectivity index (χ2n) is 15.9. The van der Waals surface area contributed by atoms with Crippen molar-refractivity contribution in [1.82, 2.24) is 0 Å². The van der Waals surface area contributed by atoms with E-state index in [2.05, 4.69) is 90.4 Å². The first-order chi connectivity index (χ1) is 18.7. The number of rotatable bonds is 8. The molecule has 5 rings (SSSR count). The first-order valence-corrected chi connectivity index (χ1v) is 22.8. The minimum atomic E-state index is -1.72. The van der Waals surface area contributed by atoms with Crippen molar-refractivity contribution in [2.75, 3.05) is 0 Å². The molecule has 1 aromatic rings. The number of hydrogen-bond donors (Lipinski definition) is 0. The van der Waals surface area contributed by atoms with E-state index in [1.54, 1.807) is 5.57 Å². The minimum absolute atomic E-state index is 0.203. The van der Waals surface area contributed by atoms with Gasteiger partial charge in [-0.25, -0.2) is 0 Å². The SMILES string of the molecule is C/C(=N\OCc1ccccc1)C1C(O[Si](C)(C)C)CC2C3CC=C4CC(O[Si](C)(C)C)CCC4(C)C3CCC21C. The summed E-state index contributed by atoms with van der Waals surface area (Å²) in [6, 6.07) is 10.4. The first kappa shape index (κ1) is 30.2. The first-order valence-electron chi connectivity index (χ1n) is 16.0. The fraction of sp³-hybridized carbons (Fsp3) is 0.735. The van der Waals surface area contributed by atoms with Gasteiger partial charge in [0.05, 0.1) is 11.8 Å². The summed E-state index contributed by atoms with van der Waals surface area (Å²) in [5, 5.41) is 4.77. The van der Waals surface area contributed by atoms with E-state index in [1.807, 2.05) is 6.07 Å². The van der Waals surface area contributed by atoms with Gasteiger partial charge in [0.25, 0.3) is 0 Å². The molecule has 0 aromatic heterocycles. The van der Waals surface area contributed by atoms with Crippen molar-refractivity contribution in [2.24, 2.45) is 39.7 Å². The van der Waals surface area contributed by atoms with Crippen molar-refractivity contribution < 1.29 is 13.7 Å². The molecule has 6 heteroatoms. The van der Waals surface area contributed by atoms with Crippen molar-refractivity contribution >= 4 is 22.3 Å². The summed E-state index contributed by atoms with van der Waals surface area (Å²) in [7, 11) is -3.25. The predicted octanol–water partition coefficient (Wildman–Crippen LogP) is 9.21. The van der Waals surface area contributed by atoms with Gasteiger partial charge in [0.2, 0.25) is 0 Å². The van der Waals surface area contributed by atoms with E-state index in [9.17, 15) is 0 Å². The van der Waals surface area contributed by atoms with Crippen LogP contribution in [-0.2, 0) is 20.3 Å². The fourth-order valence-corrected chi connectivity index (χ4v) is 11.7. The van der Waals surface area contributed by atoms with Crippen LogP contribution >= 0.6 is 0 Å². The lowest BCUT2D eigenvalue weighted by atomic mass is 9.47. The summed E-state index contributed by atoms with van der Waals surface area (Å²) in [5.41, 5.74) is 4.54. The number of allylic oxidation sites excluding steroid dienone is 1. The van der Waals surface area contributed by atoms with E-state index < -0.39 is 16.6 Å². The highest BCUT2D eigenvalue weighted by molar-refractivity contribution is 6.70. The molecule has 0 radical (unpaired) electrons. The molecule has 0 aliphatic heterocycles. The molecule has 0 heterocycles. The van der Waals surface area contributed by atoms with Crippen LogP contribution in [-0.4, -0.2) is 34.6 Å². The van der Waals surface area contributed by atoms with Crippen LogP contribution in [0.3, 0.4) is 0 Å². The van der Waals surface area contributed by atoms with E-state index >= 15 is 0 Å². The third kappa shape index (κ3) is 6.11. The molecule has 1 aromatic carbocycles. The molecule has 0 spiro atoms. The average Bonchev–Trinajstić information content (AvgIpc) is 3.14. The van der Waals surface area contributed by atoms with Gasteiger partial charge in [0.15, 0.2) is 16.6 Å². The number of oxime groups is 1. The van der Waals surface area contributed by atoms with Gasteiger partial charge in [0.1, 0.15) is 6.61 Å². The average molecular weight is 582 g/mol. The third-order valence-corrected chi connectivity index (χ3v) is 12.9. The molecule has 4 nitrogen and oxygen atoms in total. The molecule has 4 aliphatic rings. The second-order valence-corrected chi connectivity index (χ2v) is 24.8. The molecule has 0 saturated heterocycles. The Morgan fingerprint density at radius 2 is 1.62 bits per heavy atom. The molecule has 3 fully saturated rings. The Labute approximate surface area is 246 Å². The Hall–Kier alpha value is -1.22. The van der Waals surface area contributed by atoms with Gasteiger partial charge in [-0.3, -0.25) is 0 Å². The summed E-state index contributed by atoms with van der Waals surface area (Å²) in [5.74, 6) is 2.50. The molecular formula is C34H55NO3Si2. The molecular weight excluding hydrogens is 527 g/mol. The van der Waals surface area contributed by atoms with Gasteiger partial charge in [0, 0.05) is 12.0 Å². The molecule has 40 heavy (non-hydrogen) atoms. The van der Waals surface area contributed by atoms with E-state index in [1.165, 1.54) is 38.5 Å². The van der Waals surface area contributed by atoms with Crippen LogP contribution in [0.4, 0.5) is 0 Å². The highest BCUT2D eigenvalue weighted by atomic mass is 28.4. The quantitative estimate of drug-likeness (QED) is 0.133. The van der Waals surface area contributed by atoms with Crippen LogP contribution in [0.1, 0.15) is 71.3 Å². The highest BCUT2D eigenvalue weighted by Crippen LogP contribution is 2.67. The number of nitrogens with zero attached hydrogens (tertiary/aromatic N) is 1. The Kier molecular flexibility index (Phi) is 8.41. The van der Waals surface area contributed by atoms with Gasteiger partial charge in [-0.1, -0.05) is 61.0 Å². The standard InChI is InChI=1S/C34H55NO3Si2/c1-24(35-36-23-25-13-11-10-12-14-25)32-31(38-40(7,8)9)22-30-28-16-15-26-21-27(37-39(4,5)6)17-19-33(26,2)29(28)18-20-34(30,32)3/h10-15,27-32H,16-23H2,1-9H3/b35-24+. The monoisotopic (exact) mass is 581 g/mol. The Bertz CT molecular complexity index is 1110. The third-order valence-electron chi connectivity index (χ3n) is 10.8. The molecule has 8 atom stereocenters. The van der Waals surface area contributed by atoms with Crippen LogP contribution in [0.15, 0.2) is 47.1 Å². The topological polar surface area (TPSA) is 40.0 Å². The maximum atomic E-state index is 7.00. The largest absolute Gasteiger partial charge is 0.414 e. The molecule has 8 unspecified atom stereocenters. The summed E-state index contributed by atoms with van der Waals surface area (Å²) in [6.45, 7) is 21.9. The van der Waals surface area contributed by atoms with Crippen LogP contribution in [0, 0.1) is 34.5 Å². The van der Waals surface area contributed by atoms with Gasteiger partial charge >= 0.3 is 0 Å². The van der Waals surface area contributed by atoms with Crippen molar-refractivity contribution in [3.63, 3.8) is 0 Å². The van der Waals surface area contributed by atoms with E-state index in [4.69, 9.17) is 18.8 Å². The molecule has 0 N–H and O–H groups in total. The number of benzene rings is 1. The van der Waals surface area contributed by atoms with Crippen molar-refractivity contribution in [2.45, 2.75) is 124 Å². The Balaban J connectivity index is 1.38.